The third kappa shape index (κ3) is 4.79. The largest absolute Gasteiger partial charge is 0.456 e. The Hall–Kier alpha value is -6.06. The summed E-state index contributed by atoms with van der Waals surface area (Å²) >= 11 is 0. The number of allylic oxidation sites excluding steroid dienone is 1. The maximum absolute atomic E-state index is 6.24. The van der Waals surface area contributed by atoms with Crippen molar-refractivity contribution in [2.24, 2.45) is 0 Å². The van der Waals surface area contributed by atoms with E-state index in [1.54, 1.807) is 0 Å². The molecule has 0 aliphatic heterocycles. The Kier molecular flexibility index (Phi) is 6.85. The minimum absolute atomic E-state index is 0.872. The van der Waals surface area contributed by atoms with Crippen molar-refractivity contribution in [2.45, 2.75) is 6.92 Å². The zero-order valence-electron chi connectivity index (χ0n) is 25.6. The van der Waals surface area contributed by atoms with Crippen molar-refractivity contribution >= 4 is 56.4 Å². The van der Waals surface area contributed by atoms with Crippen molar-refractivity contribution in [3.63, 3.8) is 0 Å². The Bertz CT molecular complexity index is 2390. The first-order valence-electron chi connectivity index (χ1n) is 15.6. The Balaban J connectivity index is 1.12. The van der Waals surface area contributed by atoms with Gasteiger partial charge in [0.15, 0.2) is 0 Å². The minimum atomic E-state index is 0.872. The molecule has 0 radical (unpaired) electrons. The highest BCUT2D eigenvalue weighted by atomic mass is 16.3. The summed E-state index contributed by atoms with van der Waals surface area (Å²) in [4.78, 5) is 0. The van der Waals surface area contributed by atoms with Crippen molar-refractivity contribution in [2.75, 3.05) is 5.32 Å². The summed E-state index contributed by atoms with van der Waals surface area (Å²) in [5.74, 6) is 0. The van der Waals surface area contributed by atoms with Gasteiger partial charge in [0.25, 0.3) is 0 Å². The van der Waals surface area contributed by atoms with E-state index in [-0.39, 0.29) is 0 Å². The molecule has 0 saturated carbocycles. The van der Waals surface area contributed by atoms with Gasteiger partial charge in [0.2, 0.25) is 0 Å². The molecule has 6 aromatic carbocycles. The standard InChI is InChI=1S/C43H32N2O/c1-3-10-36-39-27-34(44-33-21-19-32(20-22-33)31-17-15-30(16-18-31)29-11-6-5-7-12-29)23-26-41(39)45(40(36)4-2)35-24-25-38-37-13-8-9-14-42(37)46-43(38)28-35/h3-28,44H,2H2,1H3/b10-3-. The Morgan fingerprint density at radius 3 is 1.93 bits per heavy atom. The molecule has 2 aromatic heterocycles. The van der Waals surface area contributed by atoms with E-state index in [0.717, 1.165) is 61.2 Å². The molecule has 46 heavy (non-hydrogen) atoms. The number of hydrogen-bond donors (Lipinski definition) is 1. The number of fused-ring (bicyclic) bond motifs is 4. The van der Waals surface area contributed by atoms with Crippen molar-refractivity contribution in [3.05, 3.63) is 163 Å². The van der Waals surface area contributed by atoms with Gasteiger partial charge in [-0.15, -0.1) is 0 Å². The zero-order valence-corrected chi connectivity index (χ0v) is 25.6. The van der Waals surface area contributed by atoms with Gasteiger partial charge in [-0.2, -0.15) is 0 Å². The van der Waals surface area contributed by atoms with Crippen LogP contribution in [0.4, 0.5) is 11.4 Å². The molecule has 2 heterocycles. The molecule has 0 saturated heterocycles. The lowest BCUT2D eigenvalue weighted by Gasteiger charge is -2.11. The summed E-state index contributed by atoms with van der Waals surface area (Å²) in [6.07, 6.45) is 6.19. The van der Waals surface area contributed by atoms with Gasteiger partial charge in [0.05, 0.1) is 11.2 Å². The molecule has 0 atom stereocenters. The molecule has 0 fully saturated rings. The molecule has 8 aromatic rings. The zero-order chi connectivity index (χ0) is 31.0. The quantitative estimate of drug-likeness (QED) is 0.199. The molecule has 0 aliphatic rings. The van der Waals surface area contributed by atoms with Gasteiger partial charge in [-0.05, 0) is 83.8 Å². The molecule has 220 valence electrons. The van der Waals surface area contributed by atoms with Gasteiger partial charge in [0, 0.05) is 44.9 Å². The van der Waals surface area contributed by atoms with Crippen molar-refractivity contribution < 1.29 is 4.42 Å². The van der Waals surface area contributed by atoms with Crippen LogP contribution in [0.25, 0.3) is 72.9 Å². The summed E-state index contributed by atoms with van der Waals surface area (Å²) in [7, 11) is 0. The van der Waals surface area contributed by atoms with Gasteiger partial charge >= 0.3 is 0 Å². The lowest BCUT2D eigenvalue weighted by Crippen LogP contribution is -1.97. The van der Waals surface area contributed by atoms with Crippen LogP contribution in [0.15, 0.2) is 157 Å². The van der Waals surface area contributed by atoms with E-state index in [2.05, 4.69) is 157 Å². The third-order valence-corrected chi connectivity index (χ3v) is 8.69. The summed E-state index contributed by atoms with van der Waals surface area (Å²) in [5.41, 5.74) is 13.0. The van der Waals surface area contributed by atoms with E-state index in [4.69, 9.17) is 4.42 Å². The minimum Gasteiger partial charge on any atom is -0.456 e. The number of rotatable bonds is 7. The van der Waals surface area contributed by atoms with Crippen LogP contribution in [0.3, 0.4) is 0 Å². The Labute approximate surface area is 268 Å². The average Bonchev–Trinajstić information content (AvgIpc) is 3.63. The summed E-state index contributed by atoms with van der Waals surface area (Å²) < 4.78 is 8.51. The highest BCUT2D eigenvalue weighted by molar-refractivity contribution is 6.06. The van der Waals surface area contributed by atoms with Crippen LogP contribution in [-0.4, -0.2) is 4.57 Å². The first kappa shape index (κ1) is 27.5. The van der Waals surface area contributed by atoms with Crippen LogP contribution < -0.4 is 5.32 Å². The number of furan rings is 1. The highest BCUT2D eigenvalue weighted by Gasteiger charge is 2.17. The maximum Gasteiger partial charge on any atom is 0.137 e. The Morgan fingerprint density at radius 1 is 0.587 bits per heavy atom. The number of anilines is 2. The fourth-order valence-electron chi connectivity index (χ4n) is 6.49. The lowest BCUT2D eigenvalue weighted by atomic mass is 10.0. The van der Waals surface area contributed by atoms with Crippen LogP contribution in [0.2, 0.25) is 0 Å². The van der Waals surface area contributed by atoms with Gasteiger partial charge in [0.1, 0.15) is 11.2 Å². The van der Waals surface area contributed by atoms with Crippen molar-refractivity contribution in [3.8, 4) is 27.9 Å². The first-order chi connectivity index (χ1) is 22.7. The predicted octanol–water partition coefficient (Wildman–Crippen LogP) is 12.3. The fraction of sp³-hybridized carbons (Fsp3) is 0.0233. The lowest BCUT2D eigenvalue weighted by molar-refractivity contribution is 0.668. The van der Waals surface area contributed by atoms with Crippen molar-refractivity contribution in [1.29, 1.82) is 0 Å². The SMILES string of the molecule is C=Cc1c(/C=C\C)c2cc(Nc3ccc(-c4ccc(-c5ccccc5)cc4)cc3)ccc2n1-c1ccc2c(c1)oc1ccccc12. The van der Waals surface area contributed by atoms with Crippen LogP contribution in [-0.2, 0) is 0 Å². The second-order valence-electron chi connectivity index (χ2n) is 11.5. The molecule has 3 nitrogen and oxygen atoms in total. The highest BCUT2D eigenvalue weighted by Crippen LogP contribution is 2.37. The second kappa shape index (κ2) is 11.5. The van der Waals surface area contributed by atoms with Crippen LogP contribution in [0.1, 0.15) is 18.2 Å². The number of aromatic nitrogens is 1. The smallest absolute Gasteiger partial charge is 0.137 e. The van der Waals surface area contributed by atoms with E-state index in [1.807, 2.05) is 24.3 Å². The molecule has 1 N–H and O–H groups in total. The van der Waals surface area contributed by atoms with E-state index >= 15 is 0 Å². The molecular formula is C43H32N2O. The third-order valence-electron chi connectivity index (χ3n) is 8.69. The maximum atomic E-state index is 6.24. The molecular weight excluding hydrogens is 560 g/mol. The van der Waals surface area contributed by atoms with Gasteiger partial charge < -0.3 is 14.3 Å². The van der Waals surface area contributed by atoms with E-state index < -0.39 is 0 Å². The van der Waals surface area contributed by atoms with Crippen LogP contribution >= 0.6 is 0 Å². The van der Waals surface area contributed by atoms with Crippen LogP contribution in [0, 0.1) is 0 Å². The van der Waals surface area contributed by atoms with E-state index in [9.17, 15) is 0 Å². The molecule has 8 rings (SSSR count). The topological polar surface area (TPSA) is 30.1 Å². The normalized spacial score (nSPS) is 11.6. The van der Waals surface area contributed by atoms with Gasteiger partial charge in [-0.3, -0.25) is 0 Å². The number of hydrogen-bond acceptors (Lipinski definition) is 2. The number of para-hydroxylation sites is 1. The first-order valence-corrected chi connectivity index (χ1v) is 15.6. The molecule has 0 aliphatic carbocycles. The number of nitrogens with zero attached hydrogens (tertiary/aromatic N) is 1. The number of benzene rings is 6. The van der Waals surface area contributed by atoms with Crippen molar-refractivity contribution in [1.82, 2.24) is 4.57 Å². The van der Waals surface area contributed by atoms with Crippen LogP contribution in [0.5, 0.6) is 0 Å². The Morgan fingerprint density at radius 2 is 1.22 bits per heavy atom. The average molecular weight is 593 g/mol. The molecule has 0 unspecified atom stereocenters. The molecule has 3 heteroatoms. The summed E-state index contributed by atoms with van der Waals surface area (Å²) in [6.45, 7) is 6.25. The molecule has 0 amide bonds. The van der Waals surface area contributed by atoms with Gasteiger partial charge in [-0.1, -0.05) is 104 Å². The van der Waals surface area contributed by atoms with E-state index in [0.29, 0.717) is 0 Å². The molecule has 0 spiro atoms. The second-order valence-corrected chi connectivity index (χ2v) is 11.5. The number of nitrogens with one attached hydrogen (secondary N) is 1. The predicted molar refractivity (Wildman–Crippen MR) is 196 cm³/mol. The molecule has 0 bridgehead atoms. The summed E-state index contributed by atoms with van der Waals surface area (Å²) in [5, 5.41) is 7.02. The monoisotopic (exact) mass is 592 g/mol. The summed E-state index contributed by atoms with van der Waals surface area (Å²) in [6, 6.07) is 49.0. The van der Waals surface area contributed by atoms with E-state index in [1.165, 1.54) is 22.3 Å². The fourth-order valence-corrected chi connectivity index (χ4v) is 6.49. The van der Waals surface area contributed by atoms with Gasteiger partial charge in [-0.25, -0.2) is 0 Å².